The lowest BCUT2D eigenvalue weighted by atomic mass is 9.99. The van der Waals surface area contributed by atoms with Gasteiger partial charge in [0.15, 0.2) is 11.5 Å². The molecule has 0 saturated carbocycles. The zero-order valence-corrected chi connectivity index (χ0v) is 20.4. The van der Waals surface area contributed by atoms with E-state index in [4.69, 9.17) is 23.4 Å². The Bertz CT molecular complexity index is 1520. The van der Waals surface area contributed by atoms with Crippen LogP contribution in [0.5, 0.6) is 23.0 Å². The van der Waals surface area contributed by atoms with Gasteiger partial charge in [-0.25, -0.2) is 4.79 Å². The molecule has 0 aliphatic carbocycles. The van der Waals surface area contributed by atoms with Crippen LogP contribution in [0, 0.1) is 6.92 Å². The Hall–Kier alpha value is -4.26. The first-order valence-corrected chi connectivity index (χ1v) is 11.9. The minimum atomic E-state index is -0.545. The van der Waals surface area contributed by atoms with E-state index in [1.165, 1.54) is 7.11 Å². The van der Waals surface area contributed by atoms with Crippen molar-refractivity contribution in [3.63, 3.8) is 0 Å². The van der Waals surface area contributed by atoms with Gasteiger partial charge in [0.25, 0.3) is 0 Å². The van der Waals surface area contributed by atoms with Crippen molar-refractivity contribution in [2.24, 2.45) is 0 Å². The molecule has 3 aromatic carbocycles. The zero-order chi connectivity index (χ0) is 25.2. The second kappa shape index (κ2) is 9.77. The number of carbonyl (C=O) groups excluding carboxylic acids is 1. The van der Waals surface area contributed by atoms with Gasteiger partial charge in [-0.15, -0.1) is 0 Å². The largest absolute Gasteiger partial charge is 0.496 e. The zero-order valence-electron chi connectivity index (χ0n) is 20.4. The summed E-state index contributed by atoms with van der Waals surface area (Å²) in [5, 5.41) is 0.422. The van der Waals surface area contributed by atoms with Crippen molar-refractivity contribution >= 4 is 16.9 Å². The van der Waals surface area contributed by atoms with Crippen LogP contribution in [0.15, 0.2) is 63.8 Å². The van der Waals surface area contributed by atoms with E-state index in [-0.39, 0.29) is 5.43 Å². The fraction of sp³-hybridized carbons (Fsp3) is 0.241. The molecule has 0 fully saturated rings. The van der Waals surface area contributed by atoms with Crippen molar-refractivity contribution in [3.8, 4) is 34.1 Å². The fourth-order valence-electron chi connectivity index (χ4n) is 4.44. The molecule has 2 heterocycles. The van der Waals surface area contributed by atoms with Crippen LogP contribution in [0.3, 0.4) is 0 Å². The highest BCUT2D eigenvalue weighted by molar-refractivity contribution is 5.95. The summed E-state index contributed by atoms with van der Waals surface area (Å²) in [7, 11) is 1.50. The maximum atomic E-state index is 13.7. The predicted octanol–water partition coefficient (Wildman–Crippen LogP) is 5.72. The van der Waals surface area contributed by atoms with Crippen molar-refractivity contribution in [1.82, 2.24) is 0 Å². The maximum Gasteiger partial charge on any atom is 0.347 e. The van der Waals surface area contributed by atoms with Gasteiger partial charge in [-0.3, -0.25) is 4.79 Å². The van der Waals surface area contributed by atoms with Crippen LogP contribution in [-0.2, 0) is 6.42 Å². The molecule has 0 amide bonds. The van der Waals surface area contributed by atoms with E-state index >= 15 is 0 Å². The van der Waals surface area contributed by atoms with Gasteiger partial charge in [-0.2, -0.15) is 0 Å². The van der Waals surface area contributed by atoms with Crippen molar-refractivity contribution in [3.05, 3.63) is 81.7 Å². The number of methoxy groups -OCH3 is 1. The molecule has 0 N–H and O–H groups in total. The van der Waals surface area contributed by atoms with Crippen LogP contribution < -0.4 is 24.4 Å². The molecule has 0 bridgehead atoms. The number of aryl methyl sites for hydroxylation is 2. The van der Waals surface area contributed by atoms with Gasteiger partial charge in [0, 0.05) is 6.07 Å². The number of carbonyl (C=O) groups is 1. The van der Waals surface area contributed by atoms with Crippen LogP contribution in [-0.4, -0.2) is 26.3 Å². The monoisotopic (exact) mass is 486 g/mol. The minimum Gasteiger partial charge on any atom is -0.496 e. The highest BCUT2D eigenvalue weighted by atomic mass is 16.6. The van der Waals surface area contributed by atoms with E-state index in [1.54, 1.807) is 55.5 Å². The van der Waals surface area contributed by atoms with Crippen molar-refractivity contribution in [1.29, 1.82) is 0 Å². The maximum absolute atomic E-state index is 13.7. The highest BCUT2D eigenvalue weighted by Crippen LogP contribution is 2.36. The number of hydrogen-bond donors (Lipinski definition) is 0. The van der Waals surface area contributed by atoms with Gasteiger partial charge in [-0.05, 0) is 54.8 Å². The summed E-state index contributed by atoms with van der Waals surface area (Å²) in [5.74, 6) is 1.94. The third kappa shape index (κ3) is 4.28. The minimum absolute atomic E-state index is 0.162. The van der Waals surface area contributed by atoms with Crippen molar-refractivity contribution in [2.45, 2.75) is 26.7 Å². The number of hydrogen-bond acceptors (Lipinski definition) is 7. The molecule has 36 heavy (non-hydrogen) atoms. The van der Waals surface area contributed by atoms with Crippen molar-refractivity contribution in [2.75, 3.05) is 20.3 Å². The van der Waals surface area contributed by atoms with Gasteiger partial charge in [-0.1, -0.05) is 31.5 Å². The molecule has 184 valence electrons. The Morgan fingerprint density at radius 2 is 1.75 bits per heavy atom. The Labute approximate surface area is 208 Å². The summed E-state index contributed by atoms with van der Waals surface area (Å²) in [4.78, 5) is 26.6. The van der Waals surface area contributed by atoms with Crippen molar-refractivity contribution < 1.29 is 28.2 Å². The molecule has 7 heteroatoms. The van der Waals surface area contributed by atoms with Crippen LogP contribution in [0.25, 0.3) is 22.1 Å². The van der Waals surface area contributed by atoms with Gasteiger partial charge in [0.2, 0.25) is 5.43 Å². The molecule has 0 radical (unpaired) electrons. The first-order chi connectivity index (χ1) is 17.5. The van der Waals surface area contributed by atoms with Gasteiger partial charge >= 0.3 is 5.97 Å². The van der Waals surface area contributed by atoms with E-state index in [0.29, 0.717) is 76.1 Å². The fourth-order valence-corrected chi connectivity index (χ4v) is 4.44. The van der Waals surface area contributed by atoms with Gasteiger partial charge < -0.3 is 23.4 Å². The number of rotatable bonds is 6. The van der Waals surface area contributed by atoms with Gasteiger partial charge in [0.05, 0.1) is 18.1 Å². The Balaban J connectivity index is 1.59. The van der Waals surface area contributed by atoms with E-state index < -0.39 is 5.97 Å². The number of ether oxygens (including phenoxy) is 4. The summed E-state index contributed by atoms with van der Waals surface area (Å²) < 4.78 is 28.5. The first kappa shape index (κ1) is 23.5. The molecule has 5 rings (SSSR count). The van der Waals surface area contributed by atoms with Gasteiger partial charge in [0.1, 0.15) is 41.6 Å². The van der Waals surface area contributed by atoms with E-state index in [9.17, 15) is 9.59 Å². The Morgan fingerprint density at radius 1 is 0.972 bits per heavy atom. The second-order valence-electron chi connectivity index (χ2n) is 8.52. The third-order valence-electron chi connectivity index (χ3n) is 6.13. The van der Waals surface area contributed by atoms with Crippen LogP contribution in [0.4, 0.5) is 0 Å². The topological polar surface area (TPSA) is 84.2 Å². The molecule has 0 spiro atoms. The molecule has 0 unspecified atom stereocenters. The molecule has 0 saturated heterocycles. The molecular weight excluding hydrogens is 460 g/mol. The molecule has 1 aliphatic rings. The molecule has 4 aromatic rings. The third-order valence-corrected chi connectivity index (χ3v) is 6.13. The number of para-hydroxylation sites is 1. The normalized spacial score (nSPS) is 12.4. The standard InChI is InChI=1S/C29H26O7/c1-4-7-18-14-21-25(16-24(18)36-29(31)20-8-5-6-9-22(20)32-3)35-17(2)27(28(21)30)19-10-11-23-26(15-19)34-13-12-33-23/h5-6,8-11,14-16H,4,7,12-13H2,1-3H3. The van der Waals surface area contributed by atoms with Crippen LogP contribution >= 0.6 is 0 Å². The second-order valence-corrected chi connectivity index (χ2v) is 8.52. The Kier molecular flexibility index (Phi) is 6.38. The summed E-state index contributed by atoms with van der Waals surface area (Å²) >= 11 is 0. The SMILES string of the molecule is CCCc1cc2c(=O)c(-c3ccc4c(c3)OCCO4)c(C)oc2cc1OC(=O)c1ccccc1OC. The summed E-state index contributed by atoms with van der Waals surface area (Å²) in [5.41, 5.74) is 2.40. The molecular formula is C29H26O7. The van der Waals surface area contributed by atoms with Crippen LogP contribution in [0.2, 0.25) is 0 Å². The number of fused-ring (bicyclic) bond motifs is 2. The van der Waals surface area contributed by atoms with E-state index in [0.717, 1.165) is 12.0 Å². The number of benzene rings is 3. The summed E-state index contributed by atoms with van der Waals surface area (Å²) in [6.45, 7) is 4.72. The highest BCUT2D eigenvalue weighted by Gasteiger charge is 2.21. The lowest BCUT2D eigenvalue weighted by molar-refractivity contribution is 0.0729. The lowest BCUT2D eigenvalue weighted by Gasteiger charge is -2.19. The lowest BCUT2D eigenvalue weighted by Crippen LogP contribution is -2.15. The predicted molar refractivity (Wildman–Crippen MR) is 136 cm³/mol. The average Bonchev–Trinajstić information content (AvgIpc) is 2.89. The Morgan fingerprint density at radius 3 is 2.53 bits per heavy atom. The molecule has 1 aromatic heterocycles. The van der Waals surface area contributed by atoms with E-state index in [2.05, 4.69) is 0 Å². The number of esters is 1. The quantitative estimate of drug-likeness (QED) is 0.255. The summed E-state index contributed by atoms with van der Waals surface area (Å²) in [6.07, 6.45) is 1.42. The van der Waals surface area contributed by atoms with E-state index in [1.807, 2.05) is 13.0 Å². The molecule has 7 nitrogen and oxygen atoms in total. The first-order valence-electron chi connectivity index (χ1n) is 11.9. The summed E-state index contributed by atoms with van der Waals surface area (Å²) in [6, 6.07) is 15.7. The smallest absolute Gasteiger partial charge is 0.347 e. The van der Waals surface area contributed by atoms with Crippen LogP contribution in [0.1, 0.15) is 35.0 Å². The molecule has 0 atom stereocenters. The molecule has 1 aliphatic heterocycles. The average molecular weight is 487 g/mol.